The van der Waals surface area contributed by atoms with Gasteiger partial charge in [0.05, 0.1) is 11.3 Å². The summed E-state index contributed by atoms with van der Waals surface area (Å²) in [6.45, 7) is 10.6. The molecule has 4 rings (SSSR count). The molecule has 156 valence electrons. The number of hydrogen-bond donors (Lipinski definition) is 0. The molecule has 5 nitrogen and oxygen atoms in total. The van der Waals surface area contributed by atoms with Crippen LogP contribution in [0.2, 0.25) is 0 Å². The Bertz CT molecular complexity index is 968. The fourth-order valence-corrected chi connectivity index (χ4v) is 4.19. The molecule has 0 aliphatic carbocycles. The van der Waals surface area contributed by atoms with Crippen LogP contribution in [0.3, 0.4) is 0 Å². The minimum Gasteiger partial charge on any atom is -0.364 e. The van der Waals surface area contributed by atoms with Crippen LogP contribution in [0.25, 0.3) is 5.57 Å². The molecule has 5 heteroatoms. The minimum atomic E-state index is -0.235. The number of benzene rings is 2. The molecular formula is C25H29N3O2. The van der Waals surface area contributed by atoms with Crippen molar-refractivity contribution in [3.05, 3.63) is 70.9 Å². The molecule has 0 saturated carbocycles. The summed E-state index contributed by atoms with van der Waals surface area (Å²) in [7, 11) is 0. The SMILES string of the molecule is CCc1ccc(N2C(=O)C(c3ccc(C)cc3)=C(N3CCN(CC)CC3)C2=O)cc1. The van der Waals surface area contributed by atoms with E-state index < -0.39 is 0 Å². The summed E-state index contributed by atoms with van der Waals surface area (Å²) in [6.07, 6.45) is 0.919. The second kappa shape index (κ2) is 8.44. The van der Waals surface area contributed by atoms with Crippen molar-refractivity contribution in [2.75, 3.05) is 37.6 Å². The molecule has 0 atom stereocenters. The van der Waals surface area contributed by atoms with Gasteiger partial charge in [-0.3, -0.25) is 9.59 Å². The Morgan fingerprint density at radius 1 is 0.800 bits per heavy atom. The summed E-state index contributed by atoms with van der Waals surface area (Å²) in [5.41, 5.74) is 4.80. The first kappa shape index (κ1) is 20.4. The summed E-state index contributed by atoms with van der Waals surface area (Å²) >= 11 is 0. The van der Waals surface area contributed by atoms with Crippen LogP contribution in [0.5, 0.6) is 0 Å². The second-order valence-electron chi connectivity index (χ2n) is 7.98. The van der Waals surface area contributed by atoms with Crippen LogP contribution in [0.1, 0.15) is 30.5 Å². The van der Waals surface area contributed by atoms with Crippen LogP contribution in [-0.2, 0) is 16.0 Å². The van der Waals surface area contributed by atoms with Gasteiger partial charge >= 0.3 is 0 Å². The van der Waals surface area contributed by atoms with Crippen LogP contribution >= 0.6 is 0 Å². The van der Waals surface area contributed by atoms with Crippen molar-refractivity contribution in [2.45, 2.75) is 27.2 Å². The van der Waals surface area contributed by atoms with Crippen molar-refractivity contribution in [1.29, 1.82) is 0 Å². The van der Waals surface area contributed by atoms with Gasteiger partial charge in [-0.05, 0) is 43.1 Å². The molecule has 1 fully saturated rings. The Hall–Kier alpha value is -2.92. The van der Waals surface area contributed by atoms with Gasteiger partial charge < -0.3 is 9.80 Å². The van der Waals surface area contributed by atoms with E-state index in [2.05, 4.69) is 23.6 Å². The Labute approximate surface area is 178 Å². The lowest BCUT2D eigenvalue weighted by Gasteiger charge is -2.36. The fraction of sp³-hybridized carbons (Fsp3) is 0.360. The van der Waals surface area contributed by atoms with Crippen LogP contribution < -0.4 is 4.90 Å². The summed E-state index contributed by atoms with van der Waals surface area (Å²) in [5.74, 6) is -0.453. The number of nitrogens with zero attached hydrogens (tertiary/aromatic N) is 3. The third-order valence-electron chi connectivity index (χ3n) is 6.14. The van der Waals surface area contributed by atoms with Gasteiger partial charge in [0.2, 0.25) is 0 Å². The smallest absolute Gasteiger partial charge is 0.282 e. The number of imide groups is 1. The number of piperazine rings is 1. The van der Waals surface area contributed by atoms with Crippen LogP contribution in [0.15, 0.2) is 54.2 Å². The molecule has 2 aromatic carbocycles. The van der Waals surface area contributed by atoms with E-state index in [9.17, 15) is 9.59 Å². The normalized spacial score (nSPS) is 18.0. The lowest BCUT2D eigenvalue weighted by Crippen LogP contribution is -2.47. The first-order valence-electron chi connectivity index (χ1n) is 10.8. The number of likely N-dealkylation sites (N-methyl/N-ethyl adjacent to an activating group) is 1. The van der Waals surface area contributed by atoms with Gasteiger partial charge in [-0.25, -0.2) is 4.90 Å². The number of rotatable bonds is 5. The van der Waals surface area contributed by atoms with Gasteiger partial charge in [-0.1, -0.05) is 55.8 Å². The van der Waals surface area contributed by atoms with Crippen molar-refractivity contribution in [3.8, 4) is 0 Å². The minimum absolute atomic E-state index is 0.218. The lowest BCUT2D eigenvalue weighted by molar-refractivity contribution is -0.120. The van der Waals surface area contributed by atoms with Gasteiger partial charge in [0.1, 0.15) is 5.70 Å². The maximum Gasteiger partial charge on any atom is 0.282 e. The van der Waals surface area contributed by atoms with E-state index in [1.807, 2.05) is 55.5 Å². The fourth-order valence-electron chi connectivity index (χ4n) is 4.19. The molecule has 0 N–H and O–H groups in total. The molecule has 2 aliphatic rings. The maximum atomic E-state index is 13.6. The molecule has 30 heavy (non-hydrogen) atoms. The average molecular weight is 404 g/mol. The molecule has 2 aliphatic heterocycles. The first-order valence-corrected chi connectivity index (χ1v) is 10.8. The van der Waals surface area contributed by atoms with E-state index in [4.69, 9.17) is 0 Å². The maximum absolute atomic E-state index is 13.6. The van der Waals surface area contributed by atoms with E-state index >= 15 is 0 Å². The molecular weight excluding hydrogens is 374 g/mol. The number of hydrogen-bond acceptors (Lipinski definition) is 4. The molecule has 2 aromatic rings. The summed E-state index contributed by atoms with van der Waals surface area (Å²) < 4.78 is 0. The largest absolute Gasteiger partial charge is 0.364 e. The van der Waals surface area contributed by atoms with Gasteiger partial charge in [0, 0.05) is 26.2 Å². The number of carbonyl (C=O) groups excluding carboxylic acids is 2. The zero-order chi connectivity index (χ0) is 21.3. The summed E-state index contributed by atoms with van der Waals surface area (Å²) in [4.78, 5) is 32.9. The van der Waals surface area contributed by atoms with Gasteiger partial charge in [-0.2, -0.15) is 0 Å². The highest BCUT2D eigenvalue weighted by molar-refractivity contribution is 6.45. The molecule has 0 bridgehead atoms. The van der Waals surface area contributed by atoms with Crippen LogP contribution in [-0.4, -0.2) is 54.3 Å². The van der Waals surface area contributed by atoms with Gasteiger partial charge in [0.25, 0.3) is 11.8 Å². The predicted octanol–water partition coefficient (Wildman–Crippen LogP) is 3.48. The highest BCUT2D eigenvalue weighted by Gasteiger charge is 2.42. The van der Waals surface area contributed by atoms with Crippen molar-refractivity contribution in [2.24, 2.45) is 0 Å². The Morgan fingerprint density at radius 3 is 2.00 bits per heavy atom. The zero-order valence-corrected chi connectivity index (χ0v) is 18.0. The molecule has 0 radical (unpaired) electrons. The lowest BCUT2D eigenvalue weighted by atomic mass is 10.0. The zero-order valence-electron chi connectivity index (χ0n) is 18.0. The van der Waals surface area contributed by atoms with E-state index in [0.29, 0.717) is 17.0 Å². The predicted molar refractivity (Wildman–Crippen MR) is 120 cm³/mol. The van der Waals surface area contributed by atoms with Gasteiger partial charge in [0.15, 0.2) is 0 Å². The van der Waals surface area contributed by atoms with Crippen molar-refractivity contribution >= 4 is 23.1 Å². The summed E-state index contributed by atoms with van der Waals surface area (Å²) in [5, 5.41) is 0. The topological polar surface area (TPSA) is 43.9 Å². The quantitative estimate of drug-likeness (QED) is 0.717. The molecule has 0 unspecified atom stereocenters. The van der Waals surface area contributed by atoms with Crippen molar-refractivity contribution in [1.82, 2.24) is 9.80 Å². The van der Waals surface area contributed by atoms with Crippen molar-refractivity contribution < 1.29 is 9.59 Å². The third-order valence-corrected chi connectivity index (χ3v) is 6.14. The summed E-state index contributed by atoms with van der Waals surface area (Å²) in [6, 6.07) is 15.6. The number of carbonyl (C=O) groups is 2. The Kier molecular flexibility index (Phi) is 5.73. The monoisotopic (exact) mass is 403 g/mol. The van der Waals surface area contributed by atoms with E-state index in [0.717, 1.165) is 50.3 Å². The molecule has 2 amide bonds. The highest BCUT2D eigenvalue weighted by atomic mass is 16.2. The Balaban J connectivity index is 1.75. The number of anilines is 1. The number of amides is 2. The standard InChI is InChI=1S/C25H29N3O2/c1-4-19-8-12-21(13-9-19)28-24(29)22(20-10-6-18(3)7-11-20)23(25(28)30)27-16-14-26(5-2)15-17-27/h6-13H,4-5,14-17H2,1-3H3. The highest BCUT2D eigenvalue weighted by Crippen LogP contribution is 2.35. The number of aryl methyl sites for hydroxylation is 2. The van der Waals surface area contributed by atoms with E-state index in [-0.39, 0.29) is 11.8 Å². The van der Waals surface area contributed by atoms with Gasteiger partial charge in [-0.15, -0.1) is 0 Å². The van der Waals surface area contributed by atoms with E-state index in [1.165, 1.54) is 10.5 Å². The third kappa shape index (κ3) is 3.65. The molecule has 0 spiro atoms. The van der Waals surface area contributed by atoms with E-state index in [1.54, 1.807) is 0 Å². The molecule has 2 heterocycles. The van der Waals surface area contributed by atoms with Crippen molar-refractivity contribution in [3.63, 3.8) is 0 Å². The average Bonchev–Trinajstić information content (AvgIpc) is 3.04. The first-order chi connectivity index (χ1) is 14.5. The molecule has 0 aromatic heterocycles. The van der Waals surface area contributed by atoms with Crippen LogP contribution in [0.4, 0.5) is 5.69 Å². The molecule has 1 saturated heterocycles. The second-order valence-corrected chi connectivity index (χ2v) is 7.98. The van der Waals surface area contributed by atoms with Crippen LogP contribution in [0, 0.1) is 6.92 Å². The Morgan fingerprint density at radius 2 is 1.43 bits per heavy atom.